The van der Waals surface area contributed by atoms with Crippen molar-refractivity contribution in [3.05, 3.63) is 0 Å². The summed E-state index contributed by atoms with van der Waals surface area (Å²) in [5, 5.41) is 11.1. The summed E-state index contributed by atoms with van der Waals surface area (Å²) in [6, 6.07) is 0.815. The Labute approximate surface area is 195 Å². The number of ether oxygens (including phenoxy) is 3. The molecule has 0 aromatic rings. The van der Waals surface area contributed by atoms with Crippen LogP contribution in [0.25, 0.3) is 0 Å². The second kappa shape index (κ2) is 16.0. The molecule has 0 saturated carbocycles. The Morgan fingerprint density at radius 3 is 2.09 bits per heavy atom. The van der Waals surface area contributed by atoms with Gasteiger partial charge in [0.15, 0.2) is 0 Å². The number of rotatable bonds is 12. The highest BCUT2D eigenvalue weighted by atomic mass is 32.2. The number of thioether (sulfide) groups is 1. The van der Waals surface area contributed by atoms with Gasteiger partial charge in [0.1, 0.15) is 5.60 Å². The van der Waals surface area contributed by atoms with Gasteiger partial charge in [0.25, 0.3) is 0 Å². The third-order valence-corrected chi connectivity index (χ3v) is 5.52. The first-order valence-corrected chi connectivity index (χ1v) is 12.4. The van der Waals surface area contributed by atoms with E-state index in [2.05, 4.69) is 28.2 Å². The third-order valence-electron chi connectivity index (χ3n) is 4.33. The fourth-order valence-electron chi connectivity index (χ4n) is 2.77. The van der Waals surface area contributed by atoms with Crippen LogP contribution in [0.4, 0.5) is 9.59 Å². The number of unbranched alkanes of at least 4 members (excludes halogenated alkanes) is 1. The van der Waals surface area contributed by atoms with E-state index >= 15 is 0 Å². The van der Waals surface area contributed by atoms with Crippen LogP contribution in [0, 0.1) is 0 Å². The Bertz CT molecular complexity index is 559. The molecule has 186 valence electrons. The molecule has 10 nitrogen and oxygen atoms in total. The maximum atomic E-state index is 11.3. The standard InChI is InChI=1S/C16H32N2O5.C5H8N2OS/c1-5-6-7-14(19)17-8-10-21-12-13-22-11-9-18-15(20)23-16(2,3)4;8-5-6-3-1-9-2-4(3)7-5/h5-13H2,1-4H3,(H,17,19)(H,18,20);3-4H,1-2H2,(H2,6,7,8). The summed E-state index contributed by atoms with van der Waals surface area (Å²) in [6.45, 7) is 10.2. The Morgan fingerprint density at radius 2 is 1.56 bits per heavy atom. The summed E-state index contributed by atoms with van der Waals surface area (Å²) >= 11 is 1.89. The number of carbonyl (C=O) groups is 3. The molecule has 4 N–H and O–H groups in total. The van der Waals surface area contributed by atoms with Gasteiger partial charge >= 0.3 is 12.1 Å². The molecule has 0 aliphatic carbocycles. The SMILES string of the molecule is CCCCC(=O)NCCOCCOCCNC(=O)OC(C)(C)C.O=C1NC2CSCC2N1. The molecular weight excluding hydrogens is 436 g/mol. The van der Waals surface area contributed by atoms with Crippen LogP contribution >= 0.6 is 11.8 Å². The Morgan fingerprint density at radius 1 is 1.00 bits per heavy atom. The van der Waals surface area contributed by atoms with Gasteiger partial charge in [0.05, 0.1) is 38.5 Å². The largest absolute Gasteiger partial charge is 0.444 e. The van der Waals surface area contributed by atoms with Gasteiger partial charge in [-0.3, -0.25) is 4.79 Å². The molecule has 0 aromatic heterocycles. The molecular formula is C21H40N4O6S. The predicted molar refractivity (Wildman–Crippen MR) is 125 cm³/mol. The maximum absolute atomic E-state index is 11.3. The fraction of sp³-hybridized carbons (Fsp3) is 0.857. The van der Waals surface area contributed by atoms with Gasteiger partial charge in [-0.05, 0) is 27.2 Å². The van der Waals surface area contributed by atoms with Crippen LogP contribution in [0.3, 0.4) is 0 Å². The number of nitrogens with one attached hydrogen (secondary N) is 4. The van der Waals surface area contributed by atoms with Crippen LogP contribution < -0.4 is 21.3 Å². The molecule has 11 heteroatoms. The van der Waals surface area contributed by atoms with Crippen molar-refractivity contribution in [1.29, 1.82) is 0 Å². The molecule has 2 rings (SSSR count). The van der Waals surface area contributed by atoms with E-state index in [-0.39, 0.29) is 11.9 Å². The van der Waals surface area contributed by atoms with Crippen LogP contribution in [-0.2, 0) is 19.0 Å². The first-order chi connectivity index (χ1) is 15.2. The lowest BCUT2D eigenvalue weighted by Crippen LogP contribution is -2.34. The van der Waals surface area contributed by atoms with Crippen LogP contribution in [0.2, 0.25) is 0 Å². The van der Waals surface area contributed by atoms with Crippen molar-refractivity contribution in [3.63, 3.8) is 0 Å². The van der Waals surface area contributed by atoms with Crippen molar-refractivity contribution < 1.29 is 28.6 Å². The van der Waals surface area contributed by atoms with Crippen molar-refractivity contribution in [1.82, 2.24) is 21.3 Å². The van der Waals surface area contributed by atoms with E-state index in [1.54, 1.807) is 0 Å². The highest BCUT2D eigenvalue weighted by Crippen LogP contribution is 2.20. The molecule has 2 unspecified atom stereocenters. The van der Waals surface area contributed by atoms with Crippen molar-refractivity contribution in [2.75, 3.05) is 51.0 Å². The number of urea groups is 1. The first-order valence-electron chi connectivity index (χ1n) is 11.2. The van der Waals surface area contributed by atoms with E-state index in [1.807, 2.05) is 32.5 Å². The molecule has 2 saturated heterocycles. The van der Waals surface area contributed by atoms with E-state index in [0.29, 0.717) is 58.0 Å². The fourth-order valence-corrected chi connectivity index (χ4v) is 4.04. The van der Waals surface area contributed by atoms with Gasteiger partial charge in [0.2, 0.25) is 5.91 Å². The van der Waals surface area contributed by atoms with Crippen LogP contribution in [0.5, 0.6) is 0 Å². The van der Waals surface area contributed by atoms with Gasteiger partial charge in [-0.15, -0.1) is 0 Å². The second-order valence-corrected chi connectivity index (χ2v) is 9.55. The molecule has 2 aliphatic rings. The molecule has 2 heterocycles. The summed E-state index contributed by atoms with van der Waals surface area (Å²) < 4.78 is 15.7. The van der Waals surface area contributed by atoms with Gasteiger partial charge < -0.3 is 35.5 Å². The number of fused-ring (bicyclic) bond motifs is 1. The lowest BCUT2D eigenvalue weighted by Gasteiger charge is -2.19. The lowest BCUT2D eigenvalue weighted by atomic mass is 10.2. The minimum atomic E-state index is -0.495. The normalized spacial score (nSPS) is 19.2. The Balaban J connectivity index is 0.000000461. The minimum absolute atomic E-state index is 0.00491. The van der Waals surface area contributed by atoms with Gasteiger partial charge in [0, 0.05) is 31.0 Å². The average molecular weight is 477 g/mol. The second-order valence-electron chi connectivity index (χ2n) is 8.48. The van der Waals surface area contributed by atoms with E-state index < -0.39 is 11.7 Å². The van der Waals surface area contributed by atoms with Crippen molar-refractivity contribution >= 4 is 29.8 Å². The molecule has 2 aliphatic heterocycles. The number of hydrogen-bond donors (Lipinski definition) is 4. The molecule has 2 atom stereocenters. The molecule has 0 radical (unpaired) electrons. The van der Waals surface area contributed by atoms with Gasteiger partial charge in [-0.25, -0.2) is 9.59 Å². The molecule has 0 spiro atoms. The summed E-state index contributed by atoms with van der Waals surface area (Å²) in [6.07, 6.45) is 2.06. The smallest absolute Gasteiger partial charge is 0.407 e. The number of carbonyl (C=O) groups excluding carboxylic acids is 3. The van der Waals surface area contributed by atoms with E-state index in [1.165, 1.54) is 0 Å². The summed E-state index contributed by atoms with van der Waals surface area (Å²) in [5.74, 6) is 2.22. The van der Waals surface area contributed by atoms with Gasteiger partial charge in [-0.1, -0.05) is 13.3 Å². The van der Waals surface area contributed by atoms with Crippen molar-refractivity contribution in [2.45, 2.75) is 64.6 Å². The number of alkyl carbamates (subject to hydrolysis) is 1. The average Bonchev–Trinajstić information content (AvgIpc) is 3.27. The van der Waals surface area contributed by atoms with E-state index in [4.69, 9.17) is 14.2 Å². The maximum Gasteiger partial charge on any atom is 0.407 e. The van der Waals surface area contributed by atoms with Crippen LogP contribution in [0.15, 0.2) is 0 Å². The summed E-state index contributed by atoms with van der Waals surface area (Å²) in [5.41, 5.74) is -0.495. The van der Waals surface area contributed by atoms with Crippen LogP contribution in [0.1, 0.15) is 47.0 Å². The topological polar surface area (TPSA) is 127 Å². The first kappa shape index (κ1) is 28.3. The predicted octanol–water partition coefficient (Wildman–Crippen LogP) is 1.63. The lowest BCUT2D eigenvalue weighted by molar-refractivity contribution is -0.121. The zero-order chi connectivity index (χ0) is 23.8. The van der Waals surface area contributed by atoms with E-state index in [0.717, 1.165) is 24.3 Å². The van der Waals surface area contributed by atoms with Crippen molar-refractivity contribution in [3.8, 4) is 0 Å². The van der Waals surface area contributed by atoms with Crippen LogP contribution in [-0.4, -0.2) is 86.7 Å². The Hall–Kier alpha value is -1.72. The monoisotopic (exact) mass is 476 g/mol. The van der Waals surface area contributed by atoms with Gasteiger partial charge in [-0.2, -0.15) is 11.8 Å². The number of amides is 4. The molecule has 0 aromatic carbocycles. The molecule has 4 amide bonds. The minimum Gasteiger partial charge on any atom is -0.444 e. The summed E-state index contributed by atoms with van der Waals surface area (Å²) in [4.78, 5) is 33.3. The molecule has 0 bridgehead atoms. The summed E-state index contributed by atoms with van der Waals surface area (Å²) in [7, 11) is 0. The highest BCUT2D eigenvalue weighted by molar-refractivity contribution is 7.99. The zero-order valence-corrected chi connectivity index (χ0v) is 20.6. The van der Waals surface area contributed by atoms with E-state index in [9.17, 15) is 14.4 Å². The van der Waals surface area contributed by atoms with Crippen molar-refractivity contribution in [2.24, 2.45) is 0 Å². The zero-order valence-electron chi connectivity index (χ0n) is 19.8. The quantitative estimate of drug-likeness (QED) is 0.249. The Kier molecular flexibility index (Phi) is 14.1. The molecule has 2 fully saturated rings. The highest BCUT2D eigenvalue weighted by Gasteiger charge is 2.35. The molecule has 32 heavy (non-hydrogen) atoms. The number of hydrogen-bond acceptors (Lipinski definition) is 7. The third kappa shape index (κ3) is 14.4.